The van der Waals surface area contributed by atoms with E-state index in [1.54, 1.807) is 12.1 Å². The van der Waals surface area contributed by atoms with Crippen molar-refractivity contribution < 1.29 is 4.39 Å². The Kier molecular flexibility index (Phi) is 4.45. The number of rotatable bonds is 5. The van der Waals surface area contributed by atoms with Gasteiger partial charge >= 0.3 is 0 Å². The minimum absolute atomic E-state index is 0.120. The third-order valence-corrected chi connectivity index (χ3v) is 5.71. The summed E-state index contributed by atoms with van der Waals surface area (Å²) in [6.07, 6.45) is 5.87. The highest BCUT2D eigenvalue weighted by Crippen LogP contribution is 2.38. The smallest absolute Gasteiger partial charge is 0.123 e. The van der Waals surface area contributed by atoms with E-state index < -0.39 is 0 Å². The van der Waals surface area contributed by atoms with Gasteiger partial charge < -0.3 is 4.98 Å². The topological polar surface area (TPSA) is 36.9 Å². The first kappa shape index (κ1) is 17.2. The normalized spacial score (nSPS) is 17.1. The quantitative estimate of drug-likeness (QED) is 0.557. The monoisotopic (exact) mass is 374 g/mol. The van der Waals surface area contributed by atoms with Crippen molar-refractivity contribution in [3.63, 3.8) is 0 Å². The summed E-state index contributed by atoms with van der Waals surface area (Å²) in [5.74, 6) is -0.193. The van der Waals surface area contributed by atoms with Crippen molar-refractivity contribution >= 4 is 10.9 Å². The van der Waals surface area contributed by atoms with Crippen LogP contribution in [0.15, 0.2) is 67.0 Å². The molecule has 0 saturated carbocycles. The Bertz CT molecular complexity index is 1070. The van der Waals surface area contributed by atoms with E-state index in [-0.39, 0.29) is 11.9 Å². The summed E-state index contributed by atoms with van der Waals surface area (Å²) >= 11 is 0. The second kappa shape index (κ2) is 7.24. The van der Waals surface area contributed by atoms with E-state index in [1.807, 2.05) is 35.3 Å². The first-order valence-corrected chi connectivity index (χ1v) is 9.86. The Morgan fingerprint density at radius 3 is 2.71 bits per heavy atom. The molecule has 0 spiro atoms. The Balaban J connectivity index is 1.48. The predicted molar refractivity (Wildman–Crippen MR) is 109 cm³/mol. The van der Waals surface area contributed by atoms with E-state index in [9.17, 15) is 4.39 Å². The number of para-hydroxylation sites is 1. The predicted octanol–water partition coefficient (Wildman–Crippen LogP) is 4.54. The van der Waals surface area contributed by atoms with Gasteiger partial charge in [0.05, 0.1) is 6.04 Å². The van der Waals surface area contributed by atoms with Crippen LogP contribution in [0.2, 0.25) is 0 Å². The third-order valence-electron chi connectivity index (χ3n) is 5.71. The molecule has 142 valence electrons. The van der Waals surface area contributed by atoms with Crippen molar-refractivity contribution in [1.82, 2.24) is 19.7 Å². The molecule has 0 radical (unpaired) electrons. The zero-order valence-corrected chi connectivity index (χ0v) is 15.7. The molecule has 5 heteroatoms. The van der Waals surface area contributed by atoms with E-state index in [4.69, 9.17) is 0 Å². The maximum absolute atomic E-state index is 13.5. The Labute approximate surface area is 163 Å². The highest BCUT2D eigenvalue weighted by Gasteiger charge is 2.31. The van der Waals surface area contributed by atoms with Gasteiger partial charge in [-0.15, -0.1) is 0 Å². The van der Waals surface area contributed by atoms with E-state index in [2.05, 4.69) is 39.2 Å². The molecular weight excluding hydrogens is 351 g/mol. The minimum Gasteiger partial charge on any atom is -0.357 e. The van der Waals surface area contributed by atoms with Crippen LogP contribution in [0.25, 0.3) is 10.9 Å². The summed E-state index contributed by atoms with van der Waals surface area (Å²) < 4.78 is 15.5. The van der Waals surface area contributed by atoms with Gasteiger partial charge in [-0.25, -0.2) is 4.39 Å². The van der Waals surface area contributed by atoms with Gasteiger partial charge in [-0.2, -0.15) is 5.10 Å². The van der Waals surface area contributed by atoms with Gasteiger partial charge in [0, 0.05) is 48.6 Å². The lowest BCUT2D eigenvalue weighted by Gasteiger charge is -2.36. The first-order chi connectivity index (χ1) is 13.8. The number of hydrogen-bond donors (Lipinski definition) is 1. The number of hydrogen-bond acceptors (Lipinski definition) is 2. The van der Waals surface area contributed by atoms with Gasteiger partial charge in [0.1, 0.15) is 5.82 Å². The average Bonchev–Trinajstić information content (AvgIpc) is 3.36. The molecule has 2 aromatic heterocycles. The highest BCUT2D eigenvalue weighted by molar-refractivity contribution is 5.85. The Morgan fingerprint density at radius 2 is 1.89 bits per heavy atom. The summed E-state index contributed by atoms with van der Waals surface area (Å²) in [6, 6.07) is 17.5. The SMILES string of the molecule is Fc1ccc([C@@H]2c3[nH]c4ccccc4c3CCN2CCCn2cccn2)cc1. The number of fused-ring (bicyclic) bond motifs is 3. The van der Waals surface area contributed by atoms with Crippen molar-refractivity contribution in [2.75, 3.05) is 13.1 Å². The van der Waals surface area contributed by atoms with Crippen LogP contribution in [-0.4, -0.2) is 32.8 Å². The molecule has 0 amide bonds. The largest absolute Gasteiger partial charge is 0.357 e. The molecule has 0 bridgehead atoms. The zero-order chi connectivity index (χ0) is 18.9. The third kappa shape index (κ3) is 3.12. The maximum atomic E-state index is 13.5. The summed E-state index contributed by atoms with van der Waals surface area (Å²) in [4.78, 5) is 6.17. The van der Waals surface area contributed by atoms with Crippen LogP contribution in [0.4, 0.5) is 4.39 Å². The molecular formula is C23H23FN4. The van der Waals surface area contributed by atoms with Gasteiger partial charge in [0.2, 0.25) is 0 Å². The fourth-order valence-corrected chi connectivity index (χ4v) is 4.42. The van der Waals surface area contributed by atoms with Crippen LogP contribution in [-0.2, 0) is 13.0 Å². The van der Waals surface area contributed by atoms with Crippen LogP contribution in [0.3, 0.4) is 0 Å². The van der Waals surface area contributed by atoms with E-state index in [0.717, 1.165) is 38.0 Å². The molecule has 1 N–H and O–H groups in total. The molecule has 2 aromatic carbocycles. The molecule has 3 heterocycles. The molecule has 1 aliphatic heterocycles. The summed E-state index contributed by atoms with van der Waals surface area (Å²) in [5, 5.41) is 5.61. The van der Waals surface area contributed by atoms with Crippen molar-refractivity contribution in [2.45, 2.75) is 25.4 Å². The summed E-state index contributed by atoms with van der Waals surface area (Å²) in [7, 11) is 0. The van der Waals surface area contributed by atoms with E-state index >= 15 is 0 Å². The Morgan fingerprint density at radius 1 is 1.04 bits per heavy atom. The number of halogens is 1. The van der Waals surface area contributed by atoms with Crippen molar-refractivity contribution in [3.8, 4) is 0 Å². The minimum atomic E-state index is -0.193. The molecule has 1 aliphatic rings. The number of H-pyrrole nitrogens is 1. The fraction of sp³-hybridized carbons (Fsp3) is 0.261. The van der Waals surface area contributed by atoms with Crippen LogP contribution in [0, 0.1) is 5.82 Å². The zero-order valence-electron chi connectivity index (χ0n) is 15.7. The van der Waals surface area contributed by atoms with E-state index in [1.165, 1.54) is 22.2 Å². The molecule has 28 heavy (non-hydrogen) atoms. The number of aromatic amines is 1. The van der Waals surface area contributed by atoms with Crippen molar-refractivity contribution in [3.05, 3.63) is 89.6 Å². The molecule has 0 saturated heterocycles. The molecule has 4 aromatic rings. The second-order valence-corrected chi connectivity index (χ2v) is 7.43. The Hall–Kier alpha value is -2.92. The number of nitrogens with one attached hydrogen (secondary N) is 1. The number of aromatic nitrogens is 3. The van der Waals surface area contributed by atoms with Crippen LogP contribution < -0.4 is 0 Å². The van der Waals surface area contributed by atoms with Gasteiger partial charge in [0.15, 0.2) is 0 Å². The highest BCUT2D eigenvalue weighted by atomic mass is 19.1. The lowest BCUT2D eigenvalue weighted by atomic mass is 9.92. The van der Waals surface area contributed by atoms with Gasteiger partial charge in [-0.05, 0) is 48.2 Å². The fourth-order valence-electron chi connectivity index (χ4n) is 4.42. The van der Waals surface area contributed by atoms with Crippen LogP contribution in [0.1, 0.15) is 29.3 Å². The van der Waals surface area contributed by atoms with Crippen molar-refractivity contribution in [2.24, 2.45) is 0 Å². The first-order valence-electron chi connectivity index (χ1n) is 9.86. The lowest BCUT2D eigenvalue weighted by Crippen LogP contribution is -2.37. The summed E-state index contributed by atoms with van der Waals surface area (Å²) in [5.41, 5.74) is 4.96. The standard InChI is InChI=1S/C23H23FN4/c24-18-9-7-17(8-10-18)23-22-20(19-5-1-2-6-21(19)26-22)11-16-27(23)13-4-15-28-14-3-12-25-28/h1-3,5-10,12,14,23,26H,4,11,13,15-16H2/t23-/m1/s1. The number of nitrogens with zero attached hydrogens (tertiary/aromatic N) is 3. The van der Waals surface area contributed by atoms with Gasteiger partial charge in [-0.1, -0.05) is 30.3 Å². The average molecular weight is 374 g/mol. The molecule has 0 aliphatic carbocycles. The molecule has 0 unspecified atom stereocenters. The van der Waals surface area contributed by atoms with Crippen LogP contribution >= 0.6 is 0 Å². The van der Waals surface area contributed by atoms with Crippen molar-refractivity contribution in [1.29, 1.82) is 0 Å². The second-order valence-electron chi connectivity index (χ2n) is 7.43. The molecule has 5 rings (SSSR count). The maximum Gasteiger partial charge on any atom is 0.123 e. The molecule has 1 atom stereocenters. The lowest BCUT2D eigenvalue weighted by molar-refractivity contribution is 0.204. The summed E-state index contributed by atoms with van der Waals surface area (Å²) in [6.45, 7) is 2.87. The molecule has 0 fully saturated rings. The number of benzene rings is 2. The van der Waals surface area contributed by atoms with Crippen LogP contribution in [0.5, 0.6) is 0 Å². The van der Waals surface area contributed by atoms with E-state index in [0.29, 0.717) is 0 Å². The van der Waals surface area contributed by atoms with Gasteiger partial charge in [0.25, 0.3) is 0 Å². The number of aryl methyl sites for hydroxylation is 1. The molecule has 4 nitrogen and oxygen atoms in total. The van der Waals surface area contributed by atoms with Gasteiger partial charge in [-0.3, -0.25) is 9.58 Å².